The summed E-state index contributed by atoms with van der Waals surface area (Å²) in [6.07, 6.45) is 1.61. The zero-order valence-corrected chi connectivity index (χ0v) is 19.6. The normalized spacial score (nSPS) is 15.8. The van der Waals surface area contributed by atoms with Crippen LogP contribution in [0, 0.1) is 0 Å². The van der Waals surface area contributed by atoms with Crippen molar-refractivity contribution >= 4 is 17.1 Å². The third kappa shape index (κ3) is 4.46. The number of carbonyl (C=O) groups excluding carboxylic acids is 1. The summed E-state index contributed by atoms with van der Waals surface area (Å²) in [5.74, 6) is 1.41. The number of methoxy groups -OCH3 is 2. The number of nitrogens with zero attached hydrogens (tertiary/aromatic N) is 5. The SMILES string of the molecule is COc1ccc(C(=O)N2CCCC(c3nc4c(nnn4Cc4ccccc4)c(=O)[nH]3)C2)cc1OC. The molecule has 35 heavy (non-hydrogen) atoms. The van der Waals surface area contributed by atoms with Crippen LogP contribution in [-0.2, 0) is 6.54 Å². The summed E-state index contributed by atoms with van der Waals surface area (Å²) in [5.41, 5.74) is 1.87. The molecule has 1 fully saturated rings. The molecule has 1 aliphatic rings. The fourth-order valence-electron chi connectivity index (χ4n) is 4.48. The van der Waals surface area contributed by atoms with Crippen molar-refractivity contribution in [3.05, 3.63) is 75.8 Å². The highest BCUT2D eigenvalue weighted by atomic mass is 16.5. The van der Waals surface area contributed by atoms with Crippen LogP contribution in [0.5, 0.6) is 11.5 Å². The Balaban J connectivity index is 1.40. The molecule has 2 aromatic carbocycles. The number of fused-ring (bicyclic) bond motifs is 1. The Bertz CT molecular complexity index is 1410. The minimum absolute atomic E-state index is 0.102. The highest BCUT2D eigenvalue weighted by Crippen LogP contribution is 2.30. The van der Waals surface area contributed by atoms with Crippen molar-refractivity contribution in [2.75, 3.05) is 27.3 Å². The molecule has 1 unspecified atom stereocenters. The average molecular weight is 475 g/mol. The molecule has 1 N–H and O–H groups in total. The van der Waals surface area contributed by atoms with E-state index in [9.17, 15) is 9.59 Å². The van der Waals surface area contributed by atoms with Gasteiger partial charge in [0.1, 0.15) is 5.82 Å². The number of ether oxygens (including phenoxy) is 2. The van der Waals surface area contributed by atoms with Crippen LogP contribution in [-0.4, -0.2) is 63.1 Å². The first-order valence-corrected chi connectivity index (χ1v) is 11.5. The Hall–Kier alpha value is -4.21. The van der Waals surface area contributed by atoms with Gasteiger partial charge in [-0.25, -0.2) is 9.67 Å². The molecule has 0 saturated carbocycles. The highest BCUT2D eigenvalue weighted by Gasteiger charge is 2.28. The fourth-order valence-corrected chi connectivity index (χ4v) is 4.48. The molecule has 180 valence electrons. The van der Waals surface area contributed by atoms with Crippen LogP contribution in [0.15, 0.2) is 53.3 Å². The predicted molar refractivity (Wildman–Crippen MR) is 129 cm³/mol. The number of rotatable bonds is 6. The van der Waals surface area contributed by atoms with Gasteiger partial charge in [0.15, 0.2) is 22.7 Å². The first kappa shape index (κ1) is 22.6. The van der Waals surface area contributed by atoms with Gasteiger partial charge in [-0.3, -0.25) is 9.59 Å². The van der Waals surface area contributed by atoms with E-state index in [1.807, 2.05) is 30.3 Å². The van der Waals surface area contributed by atoms with Gasteiger partial charge in [-0.1, -0.05) is 35.5 Å². The fraction of sp³-hybridized carbons (Fsp3) is 0.320. The van der Waals surface area contributed by atoms with Crippen molar-refractivity contribution < 1.29 is 14.3 Å². The second kappa shape index (κ2) is 9.57. The number of H-pyrrole nitrogens is 1. The molecule has 10 heteroatoms. The molecule has 1 aliphatic heterocycles. The molecule has 2 aromatic heterocycles. The van der Waals surface area contributed by atoms with Gasteiger partial charge in [-0.05, 0) is 36.6 Å². The van der Waals surface area contributed by atoms with E-state index in [2.05, 4.69) is 15.3 Å². The Morgan fingerprint density at radius 3 is 2.69 bits per heavy atom. The lowest BCUT2D eigenvalue weighted by atomic mass is 9.96. The van der Waals surface area contributed by atoms with Crippen molar-refractivity contribution in [2.45, 2.75) is 25.3 Å². The lowest BCUT2D eigenvalue weighted by Gasteiger charge is -2.32. The Kier molecular flexibility index (Phi) is 6.17. The number of aromatic amines is 1. The summed E-state index contributed by atoms with van der Waals surface area (Å²) in [4.78, 5) is 35.4. The van der Waals surface area contributed by atoms with Gasteiger partial charge >= 0.3 is 0 Å². The van der Waals surface area contributed by atoms with Crippen molar-refractivity contribution in [3.8, 4) is 11.5 Å². The van der Waals surface area contributed by atoms with Crippen LogP contribution in [0.25, 0.3) is 11.2 Å². The molecule has 4 aromatic rings. The molecule has 0 radical (unpaired) electrons. The number of piperidine rings is 1. The number of likely N-dealkylation sites (tertiary alicyclic amines) is 1. The van der Waals surface area contributed by atoms with E-state index in [0.29, 0.717) is 48.2 Å². The number of nitrogens with one attached hydrogen (secondary N) is 1. The molecule has 0 bridgehead atoms. The molecule has 1 saturated heterocycles. The third-order valence-corrected chi connectivity index (χ3v) is 6.29. The number of hydrogen-bond acceptors (Lipinski definition) is 7. The van der Waals surface area contributed by atoms with Crippen LogP contribution in [0.2, 0.25) is 0 Å². The minimum Gasteiger partial charge on any atom is -0.493 e. The summed E-state index contributed by atoms with van der Waals surface area (Å²) in [7, 11) is 3.10. The van der Waals surface area contributed by atoms with E-state index in [-0.39, 0.29) is 22.9 Å². The molecular formula is C25H26N6O4. The zero-order chi connectivity index (χ0) is 24.4. The largest absolute Gasteiger partial charge is 0.493 e. The van der Waals surface area contributed by atoms with Crippen LogP contribution in [0.4, 0.5) is 0 Å². The molecule has 5 rings (SSSR count). The number of amides is 1. The first-order valence-electron chi connectivity index (χ1n) is 11.5. The first-order chi connectivity index (χ1) is 17.1. The minimum atomic E-state index is -0.326. The van der Waals surface area contributed by atoms with Crippen LogP contribution in [0.1, 0.15) is 40.5 Å². The van der Waals surface area contributed by atoms with E-state index in [1.165, 1.54) is 0 Å². The Morgan fingerprint density at radius 2 is 1.91 bits per heavy atom. The second-order valence-electron chi connectivity index (χ2n) is 8.52. The monoisotopic (exact) mass is 474 g/mol. The van der Waals surface area contributed by atoms with E-state index in [4.69, 9.17) is 14.5 Å². The van der Waals surface area contributed by atoms with Gasteiger partial charge in [0.05, 0.1) is 20.8 Å². The third-order valence-electron chi connectivity index (χ3n) is 6.29. The molecule has 1 atom stereocenters. The van der Waals surface area contributed by atoms with Crippen molar-refractivity contribution in [1.29, 1.82) is 0 Å². The summed E-state index contributed by atoms with van der Waals surface area (Å²) in [6, 6.07) is 15.0. The predicted octanol–water partition coefficient (Wildman–Crippen LogP) is 2.60. The van der Waals surface area contributed by atoms with Crippen LogP contribution in [0.3, 0.4) is 0 Å². The standard InChI is InChI=1S/C25H26N6O4/c1-34-19-11-10-17(13-20(19)35-2)25(33)30-12-6-9-18(15-30)22-26-23-21(24(32)27-22)28-29-31(23)14-16-7-4-3-5-8-16/h3-5,7-8,10-11,13,18H,6,9,12,14-15H2,1-2H3,(H,26,27,32). The number of carbonyl (C=O) groups is 1. The maximum Gasteiger partial charge on any atom is 0.281 e. The van der Waals surface area contributed by atoms with E-state index >= 15 is 0 Å². The molecule has 10 nitrogen and oxygen atoms in total. The lowest BCUT2D eigenvalue weighted by molar-refractivity contribution is 0.0704. The highest BCUT2D eigenvalue weighted by molar-refractivity contribution is 5.95. The van der Waals surface area contributed by atoms with Gasteiger partial charge < -0.3 is 19.4 Å². The van der Waals surface area contributed by atoms with Gasteiger partial charge in [0.25, 0.3) is 11.5 Å². The number of hydrogen-bond donors (Lipinski definition) is 1. The van der Waals surface area contributed by atoms with Gasteiger partial charge in [-0.15, -0.1) is 5.10 Å². The lowest BCUT2D eigenvalue weighted by Crippen LogP contribution is -2.40. The van der Waals surface area contributed by atoms with Gasteiger partial charge in [0, 0.05) is 24.6 Å². The summed E-state index contributed by atoms with van der Waals surface area (Å²) in [6.45, 7) is 1.54. The van der Waals surface area contributed by atoms with Crippen molar-refractivity contribution in [3.63, 3.8) is 0 Å². The van der Waals surface area contributed by atoms with Crippen molar-refractivity contribution in [2.24, 2.45) is 0 Å². The number of benzene rings is 2. The Labute approximate surface area is 201 Å². The smallest absolute Gasteiger partial charge is 0.281 e. The molecule has 0 spiro atoms. The second-order valence-corrected chi connectivity index (χ2v) is 8.52. The van der Waals surface area contributed by atoms with Gasteiger partial charge in [-0.2, -0.15) is 0 Å². The topological polar surface area (TPSA) is 115 Å². The van der Waals surface area contributed by atoms with Crippen molar-refractivity contribution in [1.82, 2.24) is 29.9 Å². The maximum absolute atomic E-state index is 13.3. The summed E-state index contributed by atoms with van der Waals surface area (Å²) >= 11 is 0. The molecule has 0 aliphatic carbocycles. The quantitative estimate of drug-likeness (QED) is 0.457. The van der Waals surface area contributed by atoms with E-state index in [1.54, 1.807) is 42.0 Å². The zero-order valence-electron chi connectivity index (χ0n) is 19.6. The molecule has 3 heterocycles. The van der Waals surface area contributed by atoms with E-state index in [0.717, 1.165) is 18.4 Å². The molecule has 1 amide bonds. The van der Waals surface area contributed by atoms with E-state index < -0.39 is 0 Å². The Morgan fingerprint density at radius 1 is 1.11 bits per heavy atom. The molecular weight excluding hydrogens is 448 g/mol. The van der Waals surface area contributed by atoms with Crippen LogP contribution >= 0.6 is 0 Å². The average Bonchev–Trinajstić information content (AvgIpc) is 3.31. The number of aromatic nitrogens is 5. The van der Waals surface area contributed by atoms with Crippen LogP contribution < -0.4 is 15.0 Å². The maximum atomic E-state index is 13.3. The van der Waals surface area contributed by atoms with Gasteiger partial charge in [0.2, 0.25) is 0 Å². The summed E-state index contributed by atoms with van der Waals surface area (Å²) < 4.78 is 12.3. The summed E-state index contributed by atoms with van der Waals surface area (Å²) in [5, 5.41) is 8.18.